The summed E-state index contributed by atoms with van der Waals surface area (Å²) in [5.41, 5.74) is 9.12. The Morgan fingerprint density at radius 1 is 1.24 bits per heavy atom. The molecule has 1 atom stereocenters. The maximum Gasteiger partial charge on any atom is 0.253 e. The Bertz CT molecular complexity index is 638. The SMILES string of the molecule is Cc1ccc(N)c(C(=O)NC(C)Cc2ccc(Br)cc2)c1. The van der Waals surface area contributed by atoms with Crippen LogP contribution in [-0.2, 0) is 6.42 Å². The smallest absolute Gasteiger partial charge is 0.253 e. The van der Waals surface area contributed by atoms with E-state index in [-0.39, 0.29) is 11.9 Å². The van der Waals surface area contributed by atoms with Gasteiger partial charge >= 0.3 is 0 Å². The topological polar surface area (TPSA) is 55.1 Å². The molecular formula is C17H19BrN2O. The standard InChI is InChI=1S/C17H19BrN2O/c1-11-3-8-16(19)15(9-11)17(21)20-12(2)10-13-4-6-14(18)7-5-13/h3-9,12H,10,19H2,1-2H3,(H,20,21). The van der Waals surface area contributed by atoms with Gasteiger partial charge in [0, 0.05) is 16.2 Å². The predicted molar refractivity (Wildman–Crippen MR) is 90.4 cm³/mol. The second-order valence-electron chi connectivity index (χ2n) is 5.30. The molecule has 0 aliphatic rings. The number of amides is 1. The molecule has 4 heteroatoms. The number of aryl methyl sites for hydroxylation is 1. The van der Waals surface area contributed by atoms with Gasteiger partial charge in [-0.1, -0.05) is 39.7 Å². The molecule has 2 aromatic rings. The molecule has 3 nitrogen and oxygen atoms in total. The zero-order valence-corrected chi connectivity index (χ0v) is 13.8. The molecular weight excluding hydrogens is 328 g/mol. The highest BCUT2D eigenvalue weighted by atomic mass is 79.9. The Balaban J connectivity index is 2.01. The van der Waals surface area contributed by atoms with Crippen LogP contribution in [0.2, 0.25) is 0 Å². The number of carbonyl (C=O) groups is 1. The third-order valence-electron chi connectivity index (χ3n) is 3.29. The molecule has 1 amide bonds. The molecule has 0 spiro atoms. The van der Waals surface area contributed by atoms with Gasteiger partial charge in [-0.15, -0.1) is 0 Å². The number of hydrogen-bond acceptors (Lipinski definition) is 2. The van der Waals surface area contributed by atoms with E-state index in [9.17, 15) is 4.79 Å². The number of carbonyl (C=O) groups excluding carboxylic acids is 1. The van der Waals surface area contributed by atoms with E-state index in [4.69, 9.17) is 5.73 Å². The summed E-state index contributed by atoms with van der Waals surface area (Å²) in [4.78, 5) is 12.3. The van der Waals surface area contributed by atoms with Crippen molar-refractivity contribution < 1.29 is 4.79 Å². The number of anilines is 1. The highest BCUT2D eigenvalue weighted by Gasteiger charge is 2.13. The van der Waals surface area contributed by atoms with Gasteiger partial charge in [-0.05, 0) is 50.1 Å². The molecule has 0 bridgehead atoms. The Kier molecular flexibility index (Phi) is 5.02. The van der Waals surface area contributed by atoms with Crippen molar-refractivity contribution in [3.8, 4) is 0 Å². The van der Waals surface area contributed by atoms with E-state index in [1.165, 1.54) is 5.56 Å². The first-order valence-corrected chi connectivity index (χ1v) is 7.66. The Morgan fingerprint density at radius 3 is 2.57 bits per heavy atom. The van der Waals surface area contributed by atoms with Crippen molar-refractivity contribution in [1.29, 1.82) is 0 Å². The normalized spacial score (nSPS) is 12.0. The molecule has 3 N–H and O–H groups in total. The maximum absolute atomic E-state index is 12.3. The van der Waals surface area contributed by atoms with Crippen molar-refractivity contribution in [2.24, 2.45) is 0 Å². The lowest BCUT2D eigenvalue weighted by atomic mass is 10.1. The van der Waals surface area contributed by atoms with Crippen molar-refractivity contribution in [3.63, 3.8) is 0 Å². The third-order valence-corrected chi connectivity index (χ3v) is 3.81. The summed E-state index contributed by atoms with van der Waals surface area (Å²) >= 11 is 3.41. The number of rotatable bonds is 4. The summed E-state index contributed by atoms with van der Waals surface area (Å²) in [6, 6.07) is 13.6. The summed E-state index contributed by atoms with van der Waals surface area (Å²) in [6.07, 6.45) is 0.782. The average molecular weight is 347 g/mol. The van der Waals surface area contributed by atoms with Gasteiger partial charge in [-0.3, -0.25) is 4.79 Å². The van der Waals surface area contributed by atoms with Gasteiger partial charge in [0.2, 0.25) is 0 Å². The van der Waals surface area contributed by atoms with Gasteiger partial charge < -0.3 is 11.1 Å². The fourth-order valence-corrected chi connectivity index (χ4v) is 2.46. The molecule has 0 heterocycles. The quantitative estimate of drug-likeness (QED) is 0.829. The van der Waals surface area contributed by atoms with Gasteiger partial charge in [0.25, 0.3) is 5.91 Å². The van der Waals surface area contributed by atoms with E-state index < -0.39 is 0 Å². The van der Waals surface area contributed by atoms with E-state index in [2.05, 4.69) is 21.2 Å². The zero-order chi connectivity index (χ0) is 15.4. The highest BCUT2D eigenvalue weighted by molar-refractivity contribution is 9.10. The Morgan fingerprint density at radius 2 is 1.90 bits per heavy atom. The minimum atomic E-state index is -0.124. The molecule has 0 saturated heterocycles. The minimum Gasteiger partial charge on any atom is -0.398 e. The molecule has 2 rings (SSSR count). The number of nitrogen functional groups attached to an aromatic ring is 1. The lowest BCUT2D eigenvalue weighted by Crippen LogP contribution is -2.34. The molecule has 110 valence electrons. The van der Waals surface area contributed by atoms with E-state index >= 15 is 0 Å². The van der Waals surface area contributed by atoms with Crippen LogP contribution in [0.15, 0.2) is 46.9 Å². The van der Waals surface area contributed by atoms with Crippen LogP contribution in [0.1, 0.15) is 28.4 Å². The van der Waals surface area contributed by atoms with Gasteiger partial charge in [-0.2, -0.15) is 0 Å². The van der Waals surface area contributed by atoms with Crippen LogP contribution < -0.4 is 11.1 Å². The lowest BCUT2D eigenvalue weighted by Gasteiger charge is -2.15. The maximum atomic E-state index is 12.3. The van der Waals surface area contributed by atoms with Crippen LogP contribution in [-0.4, -0.2) is 11.9 Å². The summed E-state index contributed by atoms with van der Waals surface area (Å²) in [5, 5.41) is 3.00. The number of benzene rings is 2. The van der Waals surface area contributed by atoms with Crippen LogP contribution in [0.4, 0.5) is 5.69 Å². The number of hydrogen-bond donors (Lipinski definition) is 2. The van der Waals surface area contributed by atoms with Crippen LogP contribution >= 0.6 is 15.9 Å². The molecule has 0 aromatic heterocycles. The molecule has 0 aliphatic heterocycles. The number of nitrogens with one attached hydrogen (secondary N) is 1. The molecule has 0 fully saturated rings. The summed E-state index contributed by atoms with van der Waals surface area (Å²) in [7, 11) is 0. The fraction of sp³-hybridized carbons (Fsp3) is 0.235. The van der Waals surface area contributed by atoms with Crippen molar-refractivity contribution >= 4 is 27.5 Å². The van der Waals surface area contributed by atoms with Crippen molar-refractivity contribution in [2.75, 3.05) is 5.73 Å². The largest absolute Gasteiger partial charge is 0.398 e. The Hall–Kier alpha value is -1.81. The second-order valence-corrected chi connectivity index (χ2v) is 6.21. The predicted octanol–water partition coefficient (Wildman–Crippen LogP) is 3.70. The molecule has 1 unspecified atom stereocenters. The van der Waals surface area contributed by atoms with Crippen LogP contribution in [0.25, 0.3) is 0 Å². The van der Waals surface area contributed by atoms with Crippen molar-refractivity contribution in [1.82, 2.24) is 5.32 Å². The second kappa shape index (κ2) is 6.76. The average Bonchev–Trinajstić information content (AvgIpc) is 2.44. The summed E-state index contributed by atoms with van der Waals surface area (Å²) in [5.74, 6) is -0.124. The van der Waals surface area contributed by atoms with Gasteiger partial charge in [0.15, 0.2) is 0 Å². The summed E-state index contributed by atoms with van der Waals surface area (Å²) < 4.78 is 1.05. The third kappa shape index (κ3) is 4.33. The van der Waals surface area contributed by atoms with Gasteiger partial charge in [-0.25, -0.2) is 0 Å². The first-order valence-electron chi connectivity index (χ1n) is 6.87. The zero-order valence-electron chi connectivity index (χ0n) is 12.2. The first-order chi connectivity index (χ1) is 9.95. The highest BCUT2D eigenvalue weighted by Crippen LogP contribution is 2.15. The molecule has 0 saturated carbocycles. The Labute approximate surface area is 133 Å². The van der Waals surface area contributed by atoms with Gasteiger partial charge in [0.1, 0.15) is 0 Å². The monoisotopic (exact) mass is 346 g/mol. The van der Waals surface area contributed by atoms with E-state index in [0.717, 1.165) is 16.5 Å². The minimum absolute atomic E-state index is 0.0404. The van der Waals surface area contributed by atoms with Crippen LogP contribution in [0.3, 0.4) is 0 Å². The lowest BCUT2D eigenvalue weighted by molar-refractivity contribution is 0.0941. The van der Waals surface area contributed by atoms with Gasteiger partial charge in [0.05, 0.1) is 5.56 Å². The van der Waals surface area contributed by atoms with Crippen LogP contribution in [0, 0.1) is 6.92 Å². The molecule has 2 aromatic carbocycles. The number of halogens is 1. The van der Waals surface area contributed by atoms with Crippen molar-refractivity contribution in [3.05, 3.63) is 63.6 Å². The van der Waals surface area contributed by atoms with E-state index in [0.29, 0.717) is 11.3 Å². The molecule has 21 heavy (non-hydrogen) atoms. The van der Waals surface area contributed by atoms with Crippen LogP contribution in [0.5, 0.6) is 0 Å². The number of nitrogens with two attached hydrogens (primary N) is 1. The van der Waals surface area contributed by atoms with Crippen molar-refractivity contribution in [2.45, 2.75) is 26.3 Å². The molecule has 0 aliphatic carbocycles. The molecule has 0 radical (unpaired) electrons. The first kappa shape index (κ1) is 15.6. The fourth-order valence-electron chi connectivity index (χ4n) is 2.19. The van der Waals surface area contributed by atoms with E-state index in [1.807, 2.05) is 50.2 Å². The summed E-state index contributed by atoms with van der Waals surface area (Å²) in [6.45, 7) is 3.94. The van der Waals surface area contributed by atoms with E-state index in [1.54, 1.807) is 6.07 Å².